The molecule has 0 atom stereocenters. The van der Waals surface area contributed by atoms with Gasteiger partial charge in [0, 0.05) is 0 Å². The molecular formula is C14H21. The number of rotatable bonds is 6. The molecule has 0 aliphatic heterocycles. The first-order valence-corrected chi connectivity index (χ1v) is 5.79. The lowest BCUT2D eigenvalue weighted by atomic mass is 9.98. The summed E-state index contributed by atoms with van der Waals surface area (Å²) in [5.41, 5.74) is 2.96. The molecule has 0 fully saturated rings. The molecule has 0 heteroatoms. The van der Waals surface area contributed by atoms with E-state index < -0.39 is 0 Å². The van der Waals surface area contributed by atoms with Crippen molar-refractivity contribution in [3.63, 3.8) is 0 Å². The minimum absolute atomic E-state index is 1.20. The number of unbranched alkanes of at least 4 members (excludes halogenated alkanes) is 2. The summed E-state index contributed by atoms with van der Waals surface area (Å²) >= 11 is 0. The van der Waals surface area contributed by atoms with E-state index in [0.29, 0.717) is 0 Å². The number of benzene rings is 1. The van der Waals surface area contributed by atoms with Crippen molar-refractivity contribution < 1.29 is 0 Å². The van der Waals surface area contributed by atoms with Gasteiger partial charge in [-0.3, -0.25) is 0 Å². The van der Waals surface area contributed by atoms with Gasteiger partial charge >= 0.3 is 0 Å². The lowest BCUT2D eigenvalue weighted by Crippen LogP contribution is -1.92. The molecule has 0 spiro atoms. The fourth-order valence-electron chi connectivity index (χ4n) is 1.63. The molecule has 0 unspecified atom stereocenters. The third-order valence-corrected chi connectivity index (χ3v) is 2.51. The minimum Gasteiger partial charge on any atom is -0.0654 e. The zero-order chi connectivity index (χ0) is 10.2. The molecule has 77 valence electrons. The first-order chi connectivity index (χ1) is 6.88. The molecule has 0 amide bonds. The van der Waals surface area contributed by atoms with E-state index in [1.165, 1.54) is 43.2 Å². The standard InChI is InChI=1S/C14H21/c1-3-5-9-13-11-7-8-12-14(13)10-6-4-2/h7-9,11-12H,3-6,10H2,1-2H3. The van der Waals surface area contributed by atoms with Crippen LogP contribution in [0.3, 0.4) is 0 Å². The van der Waals surface area contributed by atoms with Gasteiger partial charge < -0.3 is 0 Å². The summed E-state index contributed by atoms with van der Waals surface area (Å²) in [4.78, 5) is 0. The second kappa shape index (κ2) is 6.64. The van der Waals surface area contributed by atoms with Crippen LogP contribution in [0, 0.1) is 6.42 Å². The van der Waals surface area contributed by atoms with Crippen LogP contribution in [0.4, 0.5) is 0 Å². The van der Waals surface area contributed by atoms with E-state index in [0.717, 1.165) is 0 Å². The largest absolute Gasteiger partial charge is 0.0654 e. The summed E-state index contributed by atoms with van der Waals surface area (Å²) in [7, 11) is 0. The molecule has 0 aliphatic carbocycles. The van der Waals surface area contributed by atoms with Crippen molar-refractivity contribution in [2.75, 3.05) is 0 Å². The fraction of sp³-hybridized carbons (Fsp3) is 0.500. The summed E-state index contributed by atoms with van der Waals surface area (Å²) in [6.45, 7) is 4.48. The average molecular weight is 189 g/mol. The maximum absolute atomic E-state index is 2.37. The molecule has 1 radical (unpaired) electrons. The second-order valence-electron chi connectivity index (χ2n) is 3.80. The molecule has 1 aromatic rings. The molecular weight excluding hydrogens is 168 g/mol. The Hall–Kier alpha value is -0.780. The van der Waals surface area contributed by atoms with Crippen LogP contribution in [0.1, 0.15) is 50.7 Å². The first-order valence-electron chi connectivity index (χ1n) is 5.79. The molecule has 0 heterocycles. The monoisotopic (exact) mass is 189 g/mol. The van der Waals surface area contributed by atoms with Crippen molar-refractivity contribution in [3.05, 3.63) is 41.8 Å². The Morgan fingerprint density at radius 2 is 1.86 bits per heavy atom. The Kier molecular flexibility index (Phi) is 5.36. The number of aryl methyl sites for hydroxylation is 1. The van der Waals surface area contributed by atoms with Crippen LogP contribution in [0.25, 0.3) is 0 Å². The van der Waals surface area contributed by atoms with Gasteiger partial charge in [0.25, 0.3) is 0 Å². The van der Waals surface area contributed by atoms with Gasteiger partial charge in [0.15, 0.2) is 0 Å². The maximum Gasteiger partial charge on any atom is -0.00904 e. The third-order valence-electron chi connectivity index (χ3n) is 2.51. The molecule has 0 nitrogen and oxygen atoms in total. The summed E-state index contributed by atoms with van der Waals surface area (Å²) in [5.74, 6) is 0. The fourth-order valence-corrected chi connectivity index (χ4v) is 1.63. The lowest BCUT2D eigenvalue weighted by molar-refractivity contribution is 0.789. The third kappa shape index (κ3) is 3.53. The van der Waals surface area contributed by atoms with Crippen molar-refractivity contribution in [2.24, 2.45) is 0 Å². The quantitative estimate of drug-likeness (QED) is 0.623. The molecule has 0 saturated heterocycles. The highest BCUT2D eigenvalue weighted by Gasteiger charge is 2.00. The molecule has 0 aliphatic rings. The van der Waals surface area contributed by atoms with Gasteiger partial charge in [-0.2, -0.15) is 0 Å². The average Bonchev–Trinajstić information content (AvgIpc) is 2.24. The van der Waals surface area contributed by atoms with Gasteiger partial charge in [-0.05, 0) is 36.8 Å². The van der Waals surface area contributed by atoms with Crippen LogP contribution in [0.5, 0.6) is 0 Å². The maximum atomic E-state index is 2.37. The van der Waals surface area contributed by atoms with Crippen molar-refractivity contribution in [1.82, 2.24) is 0 Å². The Morgan fingerprint density at radius 3 is 2.57 bits per heavy atom. The van der Waals surface area contributed by atoms with Gasteiger partial charge in [0.1, 0.15) is 0 Å². The summed E-state index contributed by atoms with van der Waals surface area (Å²) in [6.07, 6.45) is 8.61. The van der Waals surface area contributed by atoms with Gasteiger partial charge in [-0.1, -0.05) is 51.0 Å². The highest BCUT2D eigenvalue weighted by atomic mass is 14.1. The smallest absolute Gasteiger partial charge is 0.00904 e. The van der Waals surface area contributed by atoms with E-state index >= 15 is 0 Å². The molecule has 1 aromatic carbocycles. The molecule has 0 saturated carbocycles. The highest BCUT2D eigenvalue weighted by Crippen LogP contribution is 2.16. The van der Waals surface area contributed by atoms with Gasteiger partial charge in [-0.15, -0.1) is 0 Å². The van der Waals surface area contributed by atoms with E-state index in [-0.39, 0.29) is 0 Å². The zero-order valence-electron chi connectivity index (χ0n) is 9.42. The molecule has 1 rings (SSSR count). The predicted octanol–water partition coefficient (Wildman–Crippen LogP) is 4.38. The van der Waals surface area contributed by atoms with Gasteiger partial charge in [0.2, 0.25) is 0 Å². The number of hydrogen-bond donors (Lipinski definition) is 0. The minimum atomic E-state index is 1.20. The summed E-state index contributed by atoms with van der Waals surface area (Å²) in [5, 5.41) is 0. The molecule has 0 aromatic heterocycles. The molecule has 0 bridgehead atoms. The van der Waals surface area contributed by atoms with E-state index in [9.17, 15) is 0 Å². The van der Waals surface area contributed by atoms with E-state index in [4.69, 9.17) is 0 Å². The van der Waals surface area contributed by atoms with E-state index in [1.54, 1.807) is 0 Å². The van der Waals surface area contributed by atoms with Crippen LogP contribution < -0.4 is 0 Å². The van der Waals surface area contributed by atoms with Crippen LogP contribution in [0.2, 0.25) is 0 Å². The summed E-state index contributed by atoms with van der Waals surface area (Å²) in [6, 6.07) is 8.78. The van der Waals surface area contributed by atoms with Gasteiger partial charge in [-0.25, -0.2) is 0 Å². The molecule has 14 heavy (non-hydrogen) atoms. The van der Waals surface area contributed by atoms with Crippen molar-refractivity contribution in [1.29, 1.82) is 0 Å². The SMILES string of the molecule is CCC[CH]c1ccccc1CCCC. The first kappa shape index (κ1) is 11.3. The topological polar surface area (TPSA) is 0 Å². The second-order valence-corrected chi connectivity index (χ2v) is 3.80. The Morgan fingerprint density at radius 1 is 1.07 bits per heavy atom. The van der Waals surface area contributed by atoms with Crippen LogP contribution >= 0.6 is 0 Å². The van der Waals surface area contributed by atoms with Crippen molar-refractivity contribution >= 4 is 0 Å². The predicted molar refractivity (Wildman–Crippen MR) is 63.4 cm³/mol. The van der Waals surface area contributed by atoms with Crippen LogP contribution in [0.15, 0.2) is 24.3 Å². The van der Waals surface area contributed by atoms with Crippen molar-refractivity contribution in [2.45, 2.75) is 46.0 Å². The van der Waals surface area contributed by atoms with E-state index in [1.807, 2.05) is 0 Å². The lowest BCUT2D eigenvalue weighted by Gasteiger charge is -2.07. The van der Waals surface area contributed by atoms with E-state index in [2.05, 4.69) is 44.5 Å². The highest BCUT2D eigenvalue weighted by molar-refractivity contribution is 5.32. The van der Waals surface area contributed by atoms with Crippen molar-refractivity contribution in [3.8, 4) is 0 Å². The molecule has 0 N–H and O–H groups in total. The Bertz CT molecular complexity index is 223. The Labute approximate surface area is 88.4 Å². The van der Waals surface area contributed by atoms with Crippen LogP contribution in [-0.2, 0) is 6.42 Å². The van der Waals surface area contributed by atoms with Crippen LogP contribution in [-0.4, -0.2) is 0 Å². The zero-order valence-corrected chi connectivity index (χ0v) is 9.42. The normalized spacial score (nSPS) is 10.4. The summed E-state index contributed by atoms with van der Waals surface area (Å²) < 4.78 is 0. The Balaban J connectivity index is 2.60. The number of hydrogen-bond acceptors (Lipinski definition) is 0. The van der Waals surface area contributed by atoms with Gasteiger partial charge in [0.05, 0.1) is 0 Å².